The predicted octanol–water partition coefficient (Wildman–Crippen LogP) is 4.26. The van der Waals surface area contributed by atoms with Gasteiger partial charge in [-0.3, -0.25) is 4.79 Å². The van der Waals surface area contributed by atoms with E-state index in [0.717, 1.165) is 12.1 Å². The Labute approximate surface area is 168 Å². The minimum atomic E-state index is -4.44. The first kappa shape index (κ1) is 19.6. The first-order chi connectivity index (χ1) is 14.4. The Morgan fingerprint density at radius 1 is 1.07 bits per heavy atom. The molecule has 9 heteroatoms. The summed E-state index contributed by atoms with van der Waals surface area (Å²) < 4.78 is 55.1. The van der Waals surface area contributed by atoms with Gasteiger partial charge in [-0.1, -0.05) is 24.3 Å². The van der Waals surface area contributed by atoms with E-state index in [-0.39, 0.29) is 23.7 Å². The van der Waals surface area contributed by atoms with Gasteiger partial charge in [0.25, 0.3) is 5.91 Å². The number of carbonyl (C=O) groups is 1. The highest BCUT2D eigenvalue weighted by Gasteiger charge is 2.30. The van der Waals surface area contributed by atoms with Crippen molar-refractivity contribution in [3.63, 3.8) is 0 Å². The molecule has 6 nitrogen and oxygen atoms in total. The highest BCUT2D eigenvalue weighted by Crippen LogP contribution is 2.33. The summed E-state index contributed by atoms with van der Waals surface area (Å²) in [5.74, 6) is 1.01. The molecule has 0 aliphatic carbocycles. The smallest absolute Gasteiger partial charge is 0.416 e. The van der Waals surface area contributed by atoms with Gasteiger partial charge in [0, 0.05) is 5.56 Å². The summed E-state index contributed by atoms with van der Waals surface area (Å²) in [4.78, 5) is 12.2. The molecule has 0 saturated heterocycles. The second kappa shape index (κ2) is 7.94. The summed E-state index contributed by atoms with van der Waals surface area (Å²) in [6, 6.07) is 14.8. The van der Waals surface area contributed by atoms with Crippen LogP contribution in [-0.4, -0.2) is 24.8 Å². The van der Waals surface area contributed by atoms with E-state index in [4.69, 9.17) is 13.9 Å². The third kappa shape index (κ3) is 4.29. The Hall–Kier alpha value is -3.75. The second-order valence-corrected chi connectivity index (χ2v) is 6.38. The van der Waals surface area contributed by atoms with Gasteiger partial charge >= 0.3 is 6.18 Å². The third-order valence-corrected chi connectivity index (χ3v) is 4.27. The minimum Gasteiger partial charge on any atom is -0.485 e. The molecular weight excluding hydrogens is 401 g/mol. The molecule has 30 heavy (non-hydrogen) atoms. The van der Waals surface area contributed by atoms with Crippen LogP contribution >= 0.6 is 0 Å². The average Bonchev–Trinajstić information content (AvgIpc) is 3.22. The molecule has 4 rings (SSSR count). The van der Waals surface area contributed by atoms with Gasteiger partial charge in [0.15, 0.2) is 11.5 Å². The van der Waals surface area contributed by atoms with Crippen molar-refractivity contribution >= 4 is 12.1 Å². The first-order valence-electron chi connectivity index (χ1n) is 8.89. The molecule has 0 saturated carbocycles. The minimum absolute atomic E-state index is 0.0405. The van der Waals surface area contributed by atoms with Crippen molar-refractivity contribution < 1.29 is 31.9 Å². The lowest BCUT2D eigenvalue weighted by molar-refractivity contribution is -0.137. The van der Waals surface area contributed by atoms with Crippen molar-refractivity contribution in [3.05, 3.63) is 72.0 Å². The summed E-state index contributed by atoms with van der Waals surface area (Å²) in [5, 5.41) is 3.80. The number of benzene rings is 2. The maximum atomic E-state index is 12.9. The van der Waals surface area contributed by atoms with Gasteiger partial charge in [-0.25, -0.2) is 5.43 Å². The van der Waals surface area contributed by atoms with Crippen LogP contribution in [0, 0.1) is 0 Å². The SMILES string of the molecule is O=C(NN=Cc1ccc(-c2cccc(C(F)(F)F)c2)o1)C1COc2ccccc2O1. The number of rotatable bonds is 4. The molecule has 2 heterocycles. The van der Waals surface area contributed by atoms with Crippen LogP contribution < -0.4 is 14.9 Å². The Balaban J connectivity index is 1.38. The predicted molar refractivity (Wildman–Crippen MR) is 101 cm³/mol. The van der Waals surface area contributed by atoms with E-state index in [1.807, 2.05) is 0 Å². The third-order valence-electron chi connectivity index (χ3n) is 4.27. The standard InChI is InChI=1S/C21H15F3N2O4/c22-21(23,24)14-5-3-4-13(10-14)16-9-8-15(29-16)11-25-26-20(27)19-12-28-17-6-1-2-7-18(17)30-19/h1-11,19H,12H2,(H,26,27). The summed E-state index contributed by atoms with van der Waals surface area (Å²) in [7, 11) is 0. The molecule has 0 radical (unpaired) electrons. The number of hydrazone groups is 1. The zero-order chi connectivity index (χ0) is 21.1. The molecule has 0 spiro atoms. The van der Waals surface area contributed by atoms with Crippen molar-refractivity contribution in [1.82, 2.24) is 5.43 Å². The zero-order valence-corrected chi connectivity index (χ0v) is 15.3. The highest BCUT2D eigenvalue weighted by molar-refractivity contribution is 5.84. The van der Waals surface area contributed by atoms with Gasteiger partial charge in [-0.05, 0) is 36.4 Å². The number of fused-ring (bicyclic) bond motifs is 1. The van der Waals surface area contributed by atoms with Crippen LogP contribution in [-0.2, 0) is 11.0 Å². The molecule has 3 aromatic rings. The molecule has 1 N–H and O–H groups in total. The Bertz CT molecular complexity index is 1090. The number of nitrogens with one attached hydrogen (secondary N) is 1. The van der Waals surface area contributed by atoms with E-state index in [2.05, 4.69) is 10.5 Å². The fourth-order valence-electron chi connectivity index (χ4n) is 2.81. The second-order valence-electron chi connectivity index (χ2n) is 6.38. The van der Waals surface area contributed by atoms with Gasteiger partial charge in [0.2, 0.25) is 6.10 Å². The van der Waals surface area contributed by atoms with Crippen LogP contribution in [0.1, 0.15) is 11.3 Å². The molecule has 1 unspecified atom stereocenters. The maximum absolute atomic E-state index is 12.9. The van der Waals surface area contributed by atoms with E-state index in [1.54, 1.807) is 24.3 Å². The van der Waals surface area contributed by atoms with Crippen molar-refractivity contribution in [1.29, 1.82) is 0 Å². The lowest BCUT2D eigenvalue weighted by atomic mass is 10.1. The van der Waals surface area contributed by atoms with Crippen molar-refractivity contribution in [2.75, 3.05) is 6.61 Å². The number of hydrogen-bond acceptors (Lipinski definition) is 5. The lowest BCUT2D eigenvalue weighted by Gasteiger charge is -2.24. The normalized spacial score (nSPS) is 15.9. The number of furan rings is 1. The Kier molecular flexibility index (Phi) is 5.18. The highest BCUT2D eigenvalue weighted by atomic mass is 19.4. The van der Waals surface area contributed by atoms with Crippen LogP contribution in [0.25, 0.3) is 11.3 Å². The number of hydrogen-bond donors (Lipinski definition) is 1. The fourth-order valence-corrected chi connectivity index (χ4v) is 2.81. The summed E-state index contributed by atoms with van der Waals surface area (Å²) in [5.41, 5.74) is 1.84. The van der Waals surface area contributed by atoms with Gasteiger partial charge < -0.3 is 13.9 Å². The molecular formula is C21H15F3N2O4. The van der Waals surface area contributed by atoms with Crippen molar-refractivity contribution in [2.45, 2.75) is 12.3 Å². The molecule has 1 amide bonds. The van der Waals surface area contributed by atoms with Gasteiger partial charge in [0.1, 0.15) is 18.1 Å². The topological polar surface area (TPSA) is 73.1 Å². The number of ether oxygens (including phenoxy) is 2. The molecule has 1 aliphatic rings. The van der Waals surface area contributed by atoms with E-state index in [1.165, 1.54) is 30.5 Å². The number of para-hydroxylation sites is 2. The molecule has 154 valence electrons. The van der Waals surface area contributed by atoms with E-state index in [0.29, 0.717) is 11.5 Å². The van der Waals surface area contributed by atoms with E-state index >= 15 is 0 Å². The first-order valence-corrected chi connectivity index (χ1v) is 8.89. The number of alkyl halides is 3. The monoisotopic (exact) mass is 416 g/mol. The molecule has 2 aromatic carbocycles. The van der Waals surface area contributed by atoms with Crippen LogP contribution in [0.15, 0.2) is 70.2 Å². The van der Waals surface area contributed by atoms with Crippen molar-refractivity contribution in [2.24, 2.45) is 5.10 Å². The molecule has 0 fully saturated rings. The van der Waals surface area contributed by atoms with Crippen molar-refractivity contribution in [3.8, 4) is 22.8 Å². The van der Waals surface area contributed by atoms with Gasteiger partial charge in [0.05, 0.1) is 11.8 Å². The lowest BCUT2D eigenvalue weighted by Crippen LogP contribution is -2.42. The largest absolute Gasteiger partial charge is 0.485 e. The average molecular weight is 416 g/mol. The molecule has 1 atom stereocenters. The van der Waals surface area contributed by atoms with E-state index in [9.17, 15) is 18.0 Å². The number of nitrogens with zero attached hydrogens (tertiary/aromatic N) is 1. The van der Waals surface area contributed by atoms with Crippen LogP contribution in [0.2, 0.25) is 0 Å². The molecule has 1 aliphatic heterocycles. The van der Waals surface area contributed by atoms with E-state index < -0.39 is 23.8 Å². The van der Waals surface area contributed by atoms with Gasteiger partial charge in [-0.15, -0.1) is 0 Å². The molecule has 0 bridgehead atoms. The van der Waals surface area contributed by atoms with Crippen LogP contribution in [0.4, 0.5) is 13.2 Å². The van der Waals surface area contributed by atoms with Crippen LogP contribution in [0.5, 0.6) is 11.5 Å². The van der Waals surface area contributed by atoms with Crippen LogP contribution in [0.3, 0.4) is 0 Å². The number of amides is 1. The Morgan fingerprint density at radius 2 is 1.87 bits per heavy atom. The zero-order valence-electron chi connectivity index (χ0n) is 15.3. The Morgan fingerprint density at radius 3 is 2.67 bits per heavy atom. The van der Waals surface area contributed by atoms with Gasteiger partial charge in [-0.2, -0.15) is 18.3 Å². The maximum Gasteiger partial charge on any atom is 0.416 e. The summed E-state index contributed by atoms with van der Waals surface area (Å²) >= 11 is 0. The molecule has 1 aromatic heterocycles. The summed E-state index contributed by atoms with van der Waals surface area (Å²) in [6.45, 7) is 0.0405. The summed E-state index contributed by atoms with van der Waals surface area (Å²) in [6.07, 6.45) is -4.07. The number of carbonyl (C=O) groups excluding carboxylic acids is 1. The quantitative estimate of drug-likeness (QED) is 0.510. The number of halogens is 3. The fraction of sp³-hybridized carbons (Fsp3) is 0.143.